The van der Waals surface area contributed by atoms with Gasteiger partial charge in [0.25, 0.3) is 0 Å². The second-order valence-corrected chi connectivity index (χ2v) is 2.28. The third kappa shape index (κ3) is 0.870. The van der Waals surface area contributed by atoms with Gasteiger partial charge in [-0.3, -0.25) is 4.98 Å². The molecule has 0 saturated heterocycles. The van der Waals surface area contributed by atoms with Crippen LogP contribution in [-0.4, -0.2) is 9.97 Å². The summed E-state index contributed by atoms with van der Waals surface area (Å²) in [4.78, 5) is 7.17. The Hall–Kier alpha value is -1.75. The van der Waals surface area contributed by atoms with Gasteiger partial charge in [-0.25, -0.2) is 0 Å². The Morgan fingerprint density at radius 3 is 3.27 bits per heavy atom. The average molecular weight is 142 g/mol. The first kappa shape index (κ1) is 5.99. The van der Waals surface area contributed by atoms with Crippen LogP contribution >= 0.6 is 0 Å². The second kappa shape index (κ2) is 2.14. The molecule has 0 aliphatic carbocycles. The molecule has 0 bridgehead atoms. The van der Waals surface area contributed by atoms with Crippen molar-refractivity contribution in [2.24, 2.45) is 0 Å². The van der Waals surface area contributed by atoms with Crippen molar-refractivity contribution >= 4 is 11.0 Å². The highest BCUT2D eigenvalue weighted by Gasteiger charge is 1.94. The Kier molecular flexibility index (Phi) is 1.16. The predicted octanol–water partition coefficient (Wildman–Crippen LogP) is 1.54. The molecule has 0 fully saturated rings. The summed E-state index contributed by atoms with van der Waals surface area (Å²) in [5.41, 5.74) is 2.74. The fourth-order valence-electron chi connectivity index (χ4n) is 1.01. The molecule has 0 unspecified atom stereocenters. The Labute approximate surface area is 64.3 Å². The largest absolute Gasteiger partial charge is 0.360 e. The van der Waals surface area contributed by atoms with Crippen molar-refractivity contribution in [2.45, 2.75) is 0 Å². The Balaban J connectivity index is 2.79. The first-order valence-electron chi connectivity index (χ1n) is 3.30. The minimum absolute atomic E-state index is 0.806. The number of fused-ring (bicyclic) bond motifs is 1. The van der Waals surface area contributed by atoms with E-state index in [1.54, 1.807) is 6.20 Å². The third-order valence-electron chi connectivity index (χ3n) is 1.57. The van der Waals surface area contributed by atoms with E-state index in [0.29, 0.717) is 0 Å². The van der Waals surface area contributed by atoms with E-state index in [0.717, 1.165) is 16.6 Å². The van der Waals surface area contributed by atoms with Gasteiger partial charge in [0.1, 0.15) is 0 Å². The van der Waals surface area contributed by atoms with Crippen molar-refractivity contribution in [3.05, 3.63) is 30.1 Å². The molecule has 1 N–H and O–H groups in total. The highest BCUT2D eigenvalue weighted by molar-refractivity contribution is 5.75. The minimum Gasteiger partial charge on any atom is -0.360 e. The molecule has 0 atom stereocenters. The van der Waals surface area contributed by atoms with Crippen molar-refractivity contribution in [1.82, 2.24) is 9.97 Å². The van der Waals surface area contributed by atoms with Gasteiger partial charge in [0, 0.05) is 18.0 Å². The van der Waals surface area contributed by atoms with Gasteiger partial charge in [-0.2, -0.15) is 0 Å². The van der Waals surface area contributed by atoms with E-state index in [1.165, 1.54) is 0 Å². The summed E-state index contributed by atoms with van der Waals surface area (Å²) in [7, 11) is 0. The zero-order valence-electron chi connectivity index (χ0n) is 5.83. The minimum atomic E-state index is 0.806. The van der Waals surface area contributed by atoms with Crippen LogP contribution in [0.25, 0.3) is 11.0 Å². The molecule has 0 aromatic carbocycles. The molecule has 2 rings (SSSR count). The maximum atomic E-state index is 5.21. The normalized spacial score (nSPS) is 9.73. The number of nitrogens with zero attached hydrogens (tertiary/aromatic N) is 1. The Morgan fingerprint density at radius 2 is 2.45 bits per heavy atom. The lowest BCUT2D eigenvalue weighted by atomic mass is 10.3. The fourth-order valence-corrected chi connectivity index (χ4v) is 1.01. The van der Waals surface area contributed by atoms with Crippen LogP contribution in [0.3, 0.4) is 0 Å². The molecule has 0 radical (unpaired) electrons. The van der Waals surface area contributed by atoms with Gasteiger partial charge >= 0.3 is 0 Å². The Bertz CT molecular complexity index is 420. The molecule has 2 nitrogen and oxygen atoms in total. The summed E-state index contributed by atoms with van der Waals surface area (Å²) in [6.45, 7) is 0. The highest BCUT2D eigenvalue weighted by Crippen LogP contribution is 2.09. The number of terminal acetylenes is 1. The monoisotopic (exact) mass is 142 g/mol. The van der Waals surface area contributed by atoms with Crippen molar-refractivity contribution in [1.29, 1.82) is 0 Å². The van der Waals surface area contributed by atoms with Crippen LogP contribution in [0.2, 0.25) is 0 Å². The van der Waals surface area contributed by atoms with Crippen LogP contribution in [0.4, 0.5) is 0 Å². The Morgan fingerprint density at radius 1 is 1.55 bits per heavy atom. The molecule has 2 aromatic heterocycles. The lowest BCUT2D eigenvalue weighted by Gasteiger charge is -1.89. The molecule has 0 spiro atoms. The smallest absolute Gasteiger partial charge is 0.0879 e. The van der Waals surface area contributed by atoms with Crippen molar-refractivity contribution in [3.63, 3.8) is 0 Å². The standard InChI is InChI=1S/C9H6N2/c1-2-7-5-9-8(11-6-7)3-4-10-9/h1,3-6,10H. The summed E-state index contributed by atoms with van der Waals surface area (Å²) < 4.78 is 0. The fraction of sp³-hybridized carbons (Fsp3) is 0. The lowest BCUT2D eigenvalue weighted by molar-refractivity contribution is 1.39. The maximum absolute atomic E-state index is 5.21. The van der Waals surface area contributed by atoms with Gasteiger partial charge in [0.15, 0.2) is 0 Å². The number of hydrogen-bond acceptors (Lipinski definition) is 1. The first-order valence-corrected chi connectivity index (χ1v) is 3.30. The number of pyridine rings is 1. The van der Waals surface area contributed by atoms with E-state index in [2.05, 4.69) is 15.9 Å². The van der Waals surface area contributed by atoms with E-state index >= 15 is 0 Å². The summed E-state index contributed by atoms with van der Waals surface area (Å²) in [5.74, 6) is 2.53. The first-order chi connectivity index (χ1) is 5.40. The molecular formula is C9H6N2. The van der Waals surface area contributed by atoms with E-state index < -0.39 is 0 Å². The molecule has 0 aliphatic rings. The number of aromatic nitrogens is 2. The summed E-state index contributed by atoms with van der Waals surface area (Å²) in [6, 6.07) is 3.82. The number of nitrogens with one attached hydrogen (secondary N) is 1. The molecule has 0 saturated carbocycles. The van der Waals surface area contributed by atoms with Gasteiger partial charge in [-0.05, 0) is 12.1 Å². The predicted molar refractivity (Wildman–Crippen MR) is 44.0 cm³/mol. The van der Waals surface area contributed by atoms with Crippen LogP contribution in [0.5, 0.6) is 0 Å². The van der Waals surface area contributed by atoms with Gasteiger partial charge in [-0.15, -0.1) is 6.42 Å². The van der Waals surface area contributed by atoms with Crippen LogP contribution in [0.15, 0.2) is 24.5 Å². The lowest BCUT2D eigenvalue weighted by Crippen LogP contribution is -1.77. The molecule has 2 heterocycles. The van der Waals surface area contributed by atoms with Crippen LogP contribution in [0, 0.1) is 12.3 Å². The number of hydrogen-bond donors (Lipinski definition) is 1. The van der Waals surface area contributed by atoms with E-state index in [9.17, 15) is 0 Å². The number of aromatic amines is 1. The van der Waals surface area contributed by atoms with Gasteiger partial charge in [0.05, 0.1) is 11.0 Å². The molecule has 11 heavy (non-hydrogen) atoms. The van der Waals surface area contributed by atoms with Crippen molar-refractivity contribution < 1.29 is 0 Å². The van der Waals surface area contributed by atoms with Crippen molar-refractivity contribution in [2.75, 3.05) is 0 Å². The molecule has 52 valence electrons. The van der Waals surface area contributed by atoms with Crippen molar-refractivity contribution in [3.8, 4) is 12.3 Å². The summed E-state index contributed by atoms with van der Waals surface area (Å²) in [6.07, 6.45) is 8.74. The van der Waals surface area contributed by atoms with E-state index in [4.69, 9.17) is 6.42 Å². The van der Waals surface area contributed by atoms with Gasteiger partial charge in [-0.1, -0.05) is 5.92 Å². The van der Waals surface area contributed by atoms with E-state index in [-0.39, 0.29) is 0 Å². The molecular weight excluding hydrogens is 136 g/mol. The zero-order chi connectivity index (χ0) is 7.68. The van der Waals surface area contributed by atoms with Gasteiger partial charge < -0.3 is 4.98 Å². The average Bonchev–Trinajstić information content (AvgIpc) is 2.50. The quantitative estimate of drug-likeness (QED) is 0.555. The number of H-pyrrole nitrogens is 1. The maximum Gasteiger partial charge on any atom is 0.0879 e. The van der Waals surface area contributed by atoms with Crippen LogP contribution in [0.1, 0.15) is 5.56 Å². The van der Waals surface area contributed by atoms with Crippen LogP contribution in [-0.2, 0) is 0 Å². The highest BCUT2D eigenvalue weighted by atomic mass is 14.7. The second-order valence-electron chi connectivity index (χ2n) is 2.28. The summed E-state index contributed by atoms with van der Waals surface area (Å²) >= 11 is 0. The van der Waals surface area contributed by atoms with E-state index in [1.807, 2.05) is 18.3 Å². The zero-order valence-corrected chi connectivity index (χ0v) is 5.83. The summed E-state index contributed by atoms with van der Waals surface area (Å²) in [5, 5.41) is 0. The molecule has 0 amide bonds. The molecule has 2 heteroatoms. The SMILES string of the molecule is C#Cc1cnc2cc[nH]c2c1. The third-order valence-corrected chi connectivity index (χ3v) is 1.57. The number of rotatable bonds is 0. The molecule has 2 aromatic rings. The van der Waals surface area contributed by atoms with Crippen LogP contribution < -0.4 is 0 Å². The molecule has 0 aliphatic heterocycles. The topological polar surface area (TPSA) is 28.7 Å². The van der Waals surface area contributed by atoms with Gasteiger partial charge in [0.2, 0.25) is 0 Å².